The van der Waals surface area contributed by atoms with Crippen molar-refractivity contribution in [2.75, 3.05) is 11.1 Å². The molecule has 11 heteroatoms. The van der Waals surface area contributed by atoms with Crippen LogP contribution in [0.5, 0.6) is 0 Å². The van der Waals surface area contributed by atoms with Gasteiger partial charge in [0.15, 0.2) is 9.84 Å². The number of primary amides is 1. The number of fused-ring (bicyclic) bond motifs is 2. The second kappa shape index (κ2) is 8.81. The molecule has 35 heavy (non-hydrogen) atoms. The van der Waals surface area contributed by atoms with Gasteiger partial charge in [0.1, 0.15) is 24.3 Å². The fraction of sp³-hybridized carbons (Fsp3) is 0.333. The van der Waals surface area contributed by atoms with E-state index in [4.69, 9.17) is 5.73 Å². The van der Waals surface area contributed by atoms with Gasteiger partial charge in [-0.05, 0) is 42.0 Å². The number of anilines is 1. The van der Waals surface area contributed by atoms with Crippen LogP contribution < -0.4 is 11.1 Å². The minimum Gasteiger partial charge on any atom is -0.368 e. The van der Waals surface area contributed by atoms with Crippen molar-refractivity contribution in [3.8, 4) is 11.3 Å². The van der Waals surface area contributed by atoms with E-state index in [1.807, 2.05) is 24.3 Å². The van der Waals surface area contributed by atoms with Crippen LogP contribution in [0.4, 0.5) is 5.82 Å². The number of nitrogens with two attached hydrogens (primary N) is 1. The van der Waals surface area contributed by atoms with Crippen molar-refractivity contribution in [2.45, 2.75) is 44.2 Å². The van der Waals surface area contributed by atoms with E-state index in [-0.39, 0.29) is 24.3 Å². The molecule has 1 amide bonds. The van der Waals surface area contributed by atoms with E-state index in [0.717, 1.165) is 34.2 Å². The number of aromatic nitrogens is 5. The van der Waals surface area contributed by atoms with Gasteiger partial charge >= 0.3 is 0 Å². The van der Waals surface area contributed by atoms with Gasteiger partial charge in [0.2, 0.25) is 5.91 Å². The molecule has 5 rings (SSSR count). The minimum absolute atomic E-state index is 0.000589. The predicted octanol–water partition coefficient (Wildman–Crippen LogP) is 2.84. The van der Waals surface area contributed by atoms with Crippen molar-refractivity contribution in [1.29, 1.82) is 0 Å². The van der Waals surface area contributed by atoms with Gasteiger partial charge in [-0.1, -0.05) is 26.0 Å². The Labute approximate surface area is 202 Å². The van der Waals surface area contributed by atoms with E-state index in [9.17, 15) is 13.2 Å². The summed E-state index contributed by atoms with van der Waals surface area (Å²) in [7, 11) is -3.26. The number of carbonyl (C=O) groups is 1. The smallest absolute Gasteiger partial charge is 0.239 e. The van der Waals surface area contributed by atoms with Crippen molar-refractivity contribution in [1.82, 2.24) is 24.7 Å². The SMILES string of the molecule is CC(C)[C@@H](Nc1ncnc2[nH]c(-c3cnn(CC(N)=O)c3)cc12)c1ccc2c(c1)S(=O)(=O)CCC2. The maximum atomic E-state index is 12.7. The van der Waals surface area contributed by atoms with Gasteiger partial charge in [-0.15, -0.1) is 0 Å². The van der Waals surface area contributed by atoms with E-state index >= 15 is 0 Å². The molecule has 0 spiro atoms. The van der Waals surface area contributed by atoms with Gasteiger partial charge in [0.05, 0.1) is 34.0 Å². The predicted molar refractivity (Wildman–Crippen MR) is 132 cm³/mol. The lowest BCUT2D eigenvalue weighted by atomic mass is 9.94. The van der Waals surface area contributed by atoms with Gasteiger partial charge in [-0.25, -0.2) is 18.4 Å². The van der Waals surface area contributed by atoms with Crippen molar-refractivity contribution >= 4 is 32.6 Å². The van der Waals surface area contributed by atoms with Gasteiger partial charge in [0, 0.05) is 11.8 Å². The molecule has 1 aliphatic rings. The molecule has 4 aromatic rings. The Hall–Kier alpha value is -3.73. The lowest BCUT2D eigenvalue weighted by Gasteiger charge is -2.26. The number of aryl methyl sites for hydroxylation is 1. The van der Waals surface area contributed by atoms with E-state index in [2.05, 4.69) is 39.2 Å². The van der Waals surface area contributed by atoms with Gasteiger partial charge in [-0.2, -0.15) is 5.10 Å². The van der Waals surface area contributed by atoms with Crippen LogP contribution >= 0.6 is 0 Å². The Kier molecular flexibility index (Phi) is 5.79. The Balaban J connectivity index is 1.49. The zero-order valence-corrected chi connectivity index (χ0v) is 20.3. The molecule has 1 aromatic carbocycles. The first-order valence-corrected chi connectivity index (χ1v) is 13.1. The number of hydrogen-bond donors (Lipinski definition) is 3. The highest BCUT2D eigenvalue weighted by Gasteiger charge is 2.26. The molecule has 4 heterocycles. The second-order valence-corrected chi connectivity index (χ2v) is 11.3. The highest BCUT2D eigenvalue weighted by Crippen LogP contribution is 2.34. The average Bonchev–Trinajstić information content (AvgIpc) is 3.44. The Morgan fingerprint density at radius 1 is 1.26 bits per heavy atom. The Bertz CT molecular complexity index is 1520. The summed E-state index contributed by atoms with van der Waals surface area (Å²) in [5.41, 5.74) is 9.26. The molecule has 0 fully saturated rings. The molecule has 0 saturated heterocycles. The summed E-state index contributed by atoms with van der Waals surface area (Å²) in [6.07, 6.45) is 6.31. The normalized spacial score (nSPS) is 15.7. The minimum atomic E-state index is -3.26. The first kappa shape index (κ1) is 23.0. The molecule has 4 N–H and O–H groups in total. The van der Waals surface area contributed by atoms with Crippen LogP contribution in [0.1, 0.15) is 37.4 Å². The van der Waals surface area contributed by atoms with Crippen LogP contribution in [0.3, 0.4) is 0 Å². The van der Waals surface area contributed by atoms with Crippen LogP contribution in [0.15, 0.2) is 47.9 Å². The van der Waals surface area contributed by atoms with Gasteiger partial charge in [0.25, 0.3) is 0 Å². The fourth-order valence-electron chi connectivity index (χ4n) is 4.56. The number of nitrogens with one attached hydrogen (secondary N) is 2. The quantitative estimate of drug-likeness (QED) is 0.358. The van der Waals surface area contributed by atoms with Crippen LogP contribution in [0.25, 0.3) is 22.3 Å². The zero-order valence-electron chi connectivity index (χ0n) is 19.5. The summed E-state index contributed by atoms with van der Waals surface area (Å²) in [6.45, 7) is 4.17. The fourth-order valence-corrected chi connectivity index (χ4v) is 6.19. The topological polar surface area (TPSA) is 149 Å². The number of nitrogens with zero attached hydrogens (tertiary/aromatic N) is 4. The van der Waals surface area contributed by atoms with Crippen LogP contribution in [-0.2, 0) is 27.6 Å². The van der Waals surface area contributed by atoms with E-state index < -0.39 is 15.7 Å². The third-order valence-corrected chi connectivity index (χ3v) is 8.17. The summed E-state index contributed by atoms with van der Waals surface area (Å²) in [5, 5.41) is 8.49. The number of aromatic amines is 1. The van der Waals surface area contributed by atoms with Crippen molar-refractivity contribution in [3.05, 3.63) is 54.1 Å². The summed E-state index contributed by atoms with van der Waals surface area (Å²) >= 11 is 0. The third-order valence-electron chi connectivity index (χ3n) is 6.29. The largest absolute Gasteiger partial charge is 0.368 e. The van der Waals surface area contributed by atoms with Crippen LogP contribution in [-0.4, -0.2) is 44.8 Å². The van der Waals surface area contributed by atoms with Crippen molar-refractivity contribution < 1.29 is 13.2 Å². The molecule has 3 aromatic heterocycles. The maximum absolute atomic E-state index is 12.7. The molecular formula is C24H27N7O3S. The molecule has 0 aliphatic carbocycles. The third kappa shape index (κ3) is 4.51. The maximum Gasteiger partial charge on any atom is 0.239 e. The molecular weight excluding hydrogens is 466 g/mol. The summed E-state index contributed by atoms with van der Waals surface area (Å²) in [4.78, 5) is 23.7. The number of carbonyl (C=O) groups excluding carboxylic acids is 1. The molecule has 0 bridgehead atoms. The second-order valence-electron chi connectivity index (χ2n) is 9.22. The van der Waals surface area contributed by atoms with Crippen LogP contribution in [0, 0.1) is 5.92 Å². The van der Waals surface area contributed by atoms with Crippen LogP contribution in [0.2, 0.25) is 0 Å². The Morgan fingerprint density at radius 2 is 2.09 bits per heavy atom. The molecule has 1 aliphatic heterocycles. The first-order valence-electron chi connectivity index (χ1n) is 11.5. The number of H-pyrrole nitrogens is 1. The molecule has 1 atom stereocenters. The monoisotopic (exact) mass is 493 g/mol. The number of rotatable bonds is 7. The van der Waals surface area contributed by atoms with E-state index in [1.54, 1.807) is 12.4 Å². The number of benzene rings is 1. The van der Waals surface area contributed by atoms with Gasteiger partial charge < -0.3 is 16.0 Å². The van der Waals surface area contributed by atoms with E-state index in [0.29, 0.717) is 22.8 Å². The average molecular weight is 494 g/mol. The summed E-state index contributed by atoms with van der Waals surface area (Å²) < 4.78 is 26.8. The standard InChI is InChI=1S/C24H27N7O3S/c1-14(2)22(16-6-5-15-4-3-7-35(33,34)20(15)8-16)30-24-18-9-19(29-23(18)26-13-27-24)17-10-28-31(11-17)12-21(25)32/h5-6,8-11,13-14,22H,3-4,7,12H2,1-2H3,(H2,25,32)(H2,26,27,29,30)/t22-/m1/s1. The molecule has 182 valence electrons. The molecule has 0 radical (unpaired) electrons. The lowest BCUT2D eigenvalue weighted by Crippen LogP contribution is -2.20. The van der Waals surface area contributed by atoms with E-state index in [1.165, 1.54) is 11.0 Å². The summed E-state index contributed by atoms with van der Waals surface area (Å²) in [5.74, 6) is 0.525. The first-order chi connectivity index (χ1) is 16.7. The summed E-state index contributed by atoms with van der Waals surface area (Å²) in [6, 6.07) is 7.53. The molecule has 0 unspecified atom stereocenters. The Morgan fingerprint density at radius 3 is 2.86 bits per heavy atom. The highest BCUT2D eigenvalue weighted by molar-refractivity contribution is 7.91. The number of amides is 1. The van der Waals surface area contributed by atoms with Gasteiger partial charge in [-0.3, -0.25) is 9.48 Å². The molecule has 10 nitrogen and oxygen atoms in total. The number of hydrogen-bond acceptors (Lipinski definition) is 7. The lowest BCUT2D eigenvalue weighted by molar-refractivity contribution is -0.118. The van der Waals surface area contributed by atoms with Crippen molar-refractivity contribution in [2.24, 2.45) is 11.7 Å². The highest BCUT2D eigenvalue weighted by atomic mass is 32.2. The number of sulfone groups is 1. The zero-order chi connectivity index (χ0) is 24.7. The van der Waals surface area contributed by atoms with Crippen molar-refractivity contribution in [3.63, 3.8) is 0 Å². The molecule has 0 saturated carbocycles.